The van der Waals surface area contributed by atoms with E-state index in [1.54, 1.807) is 0 Å². The van der Waals surface area contributed by atoms with E-state index in [9.17, 15) is 4.79 Å². The fraction of sp³-hybridized carbons (Fsp3) is 0.222. The van der Waals surface area contributed by atoms with Gasteiger partial charge in [-0.2, -0.15) is 0 Å². The molecule has 1 aromatic carbocycles. The maximum atomic E-state index is 10.0. The summed E-state index contributed by atoms with van der Waals surface area (Å²) < 4.78 is 0. The molecular weight excluding hydrogens is 172 g/mol. The highest BCUT2D eigenvalue weighted by Crippen LogP contribution is 2.17. The van der Waals surface area contributed by atoms with Crippen molar-refractivity contribution in [2.24, 2.45) is 0 Å². The van der Waals surface area contributed by atoms with Gasteiger partial charge in [0.25, 0.3) is 0 Å². The van der Waals surface area contributed by atoms with Crippen LogP contribution in [-0.4, -0.2) is 17.1 Å². The maximum absolute atomic E-state index is 10.0. The van der Waals surface area contributed by atoms with Gasteiger partial charge >= 0.3 is 0 Å². The molecule has 2 nitrogen and oxygen atoms in total. The van der Waals surface area contributed by atoms with Crippen LogP contribution in [0.4, 0.5) is 0 Å². The topological polar surface area (TPSA) is 37.3 Å². The third-order valence-corrected chi connectivity index (χ3v) is 2.33. The summed E-state index contributed by atoms with van der Waals surface area (Å²) in [7, 11) is 0. The third kappa shape index (κ3) is 2.68. The predicted octanol–water partition coefficient (Wildman–Crippen LogP) is 1.47. The molecule has 1 N–H and O–H groups in total. The second-order valence-corrected chi connectivity index (χ2v) is 3.37. The summed E-state index contributed by atoms with van der Waals surface area (Å²) in [6.45, 7) is 0.0681. The van der Waals surface area contributed by atoms with Crippen molar-refractivity contribution in [1.29, 1.82) is 0 Å². The molecule has 0 saturated carbocycles. The lowest BCUT2D eigenvalue weighted by atomic mass is 10.2. The lowest BCUT2D eigenvalue weighted by Crippen LogP contribution is -1.83. The van der Waals surface area contributed by atoms with Crippen molar-refractivity contribution in [3.63, 3.8) is 0 Å². The zero-order valence-electron chi connectivity index (χ0n) is 6.56. The van der Waals surface area contributed by atoms with Crippen LogP contribution in [0, 0.1) is 0 Å². The summed E-state index contributed by atoms with van der Waals surface area (Å²) >= 11 is 1.49. The van der Waals surface area contributed by atoms with Crippen molar-refractivity contribution in [2.75, 3.05) is 5.75 Å². The zero-order chi connectivity index (χ0) is 8.81. The molecule has 0 amide bonds. The van der Waals surface area contributed by atoms with E-state index in [2.05, 4.69) is 0 Å². The molecular formula is C9H10O2S. The lowest BCUT2D eigenvalue weighted by molar-refractivity contribution is -0.105. The van der Waals surface area contributed by atoms with E-state index in [0.29, 0.717) is 5.75 Å². The van der Waals surface area contributed by atoms with Gasteiger partial charge in [0, 0.05) is 4.90 Å². The number of aliphatic hydroxyl groups excluding tert-OH is 1. The van der Waals surface area contributed by atoms with E-state index in [-0.39, 0.29) is 6.61 Å². The van der Waals surface area contributed by atoms with Crippen molar-refractivity contribution in [2.45, 2.75) is 11.5 Å². The first-order valence-electron chi connectivity index (χ1n) is 3.63. The number of hydrogen-bond donors (Lipinski definition) is 1. The minimum Gasteiger partial charge on any atom is -0.392 e. The van der Waals surface area contributed by atoms with Crippen LogP contribution in [0.3, 0.4) is 0 Å². The first-order chi connectivity index (χ1) is 5.86. The zero-order valence-corrected chi connectivity index (χ0v) is 7.38. The maximum Gasteiger partial charge on any atom is 0.130 e. The third-order valence-electron chi connectivity index (χ3n) is 1.42. The summed E-state index contributed by atoms with van der Waals surface area (Å²) in [5.74, 6) is 0.485. The Morgan fingerprint density at radius 3 is 2.50 bits per heavy atom. The average molecular weight is 182 g/mol. The molecule has 64 valence electrons. The van der Waals surface area contributed by atoms with Crippen LogP contribution in [-0.2, 0) is 11.4 Å². The molecule has 1 rings (SSSR count). The van der Waals surface area contributed by atoms with Crippen LogP contribution in [0.15, 0.2) is 29.2 Å². The number of aldehydes is 1. The highest BCUT2D eigenvalue weighted by atomic mass is 32.2. The molecule has 0 saturated heterocycles. The normalized spacial score (nSPS) is 9.75. The van der Waals surface area contributed by atoms with Gasteiger partial charge in [0.1, 0.15) is 6.29 Å². The van der Waals surface area contributed by atoms with Crippen LogP contribution in [0.25, 0.3) is 0 Å². The Balaban J connectivity index is 2.58. The van der Waals surface area contributed by atoms with Crippen molar-refractivity contribution in [3.05, 3.63) is 29.8 Å². The smallest absolute Gasteiger partial charge is 0.130 e. The largest absolute Gasteiger partial charge is 0.392 e. The molecule has 0 aromatic heterocycles. The van der Waals surface area contributed by atoms with Crippen molar-refractivity contribution in [3.8, 4) is 0 Å². The highest BCUT2D eigenvalue weighted by Gasteiger charge is 1.93. The molecule has 0 aliphatic rings. The highest BCUT2D eigenvalue weighted by molar-refractivity contribution is 7.99. The van der Waals surface area contributed by atoms with E-state index in [1.807, 2.05) is 24.3 Å². The second-order valence-electron chi connectivity index (χ2n) is 2.28. The molecule has 12 heavy (non-hydrogen) atoms. The Hall–Kier alpha value is -0.800. The Kier molecular flexibility index (Phi) is 3.84. The second kappa shape index (κ2) is 4.95. The summed E-state index contributed by atoms with van der Waals surface area (Å²) in [6.07, 6.45) is 0.880. The van der Waals surface area contributed by atoms with Crippen LogP contribution in [0.5, 0.6) is 0 Å². The van der Waals surface area contributed by atoms with Crippen LogP contribution < -0.4 is 0 Å². The van der Waals surface area contributed by atoms with Gasteiger partial charge in [0.15, 0.2) is 0 Å². The Morgan fingerprint density at radius 1 is 1.33 bits per heavy atom. The van der Waals surface area contributed by atoms with Gasteiger partial charge in [0.05, 0.1) is 12.4 Å². The van der Waals surface area contributed by atoms with Gasteiger partial charge < -0.3 is 9.90 Å². The molecule has 3 heteroatoms. The summed E-state index contributed by atoms with van der Waals surface area (Å²) in [5.41, 5.74) is 0.894. The molecule has 0 heterocycles. The minimum absolute atomic E-state index is 0.0681. The summed E-state index contributed by atoms with van der Waals surface area (Å²) in [5, 5.41) is 8.74. The van der Waals surface area contributed by atoms with Gasteiger partial charge in [-0.05, 0) is 17.7 Å². The minimum atomic E-state index is 0.0681. The van der Waals surface area contributed by atoms with Gasteiger partial charge in [-0.25, -0.2) is 0 Å². The number of thioether (sulfide) groups is 1. The van der Waals surface area contributed by atoms with E-state index in [1.165, 1.54) is 11.8 Å². The first-order valence-corrected chi connectivity index (χ1v) is 4.61. The number of benzene rings is 1. The molecule has 0 spiro atoms. The molecule has 0 radical (unpaired) electrons. The van der Waals surface area contributed by atoms with Crippen molar-refractivity contribution < 1.29 is 9.90 Å². The molecule has 0 atom stereocenters. The van der Waals surface area contributed by atoms with Gasteiger partial charge in [-0.15, -0.1) is 11.8 Å². The van der Waals surface area contributed by atoms with Crippen molar-refractivity contribution >= 4 is 18.0 Å². The number of hydrogen-bond acceptors (Lipinski definition) is 3. The molecule has 0 fully saturated rings. The number of carbonyl (C=O) groups excluding carboxylic acids is 1. The molecule has 0 aliphatic carbocycles. The van der Waals surface area contributed by atoms with E-state index >= 15 is 0 Å². The monoisotopic (exact) mass is 182 g/mol. The number of aliphatic hydroxyl groups is 1. The quantitative estimate of drug-likeness (QED) is 0.566. The summed E-state index contributed by atoms with van der Waals surface area (Å²) in [6, 6.07) is 7.51. The average Bonchev–Trinajstić information content (AvgIpc) is 2.15. The fourth-order valence-electron chi connectivity index (χ4n) is 0.821. The molecule has 0 bridgehead atoms. The number of rotatable bonds is 4. The Bertz CT molecular complexity index is 243. The van der Waals surface area contributed by atoms with Crippen LogP contribution in [0.1, 0.15) is 5.56 Å². The Morgan fingerprint density at radius 2 is 2.00 bits per heavy atom. The molecule has 1 aromatic rings. The lowest BCUT2D eigenvalue weighted by Gasteiger charge is -1.98. The Labute approximate surface area is 75.6 Å². The van der Waals surface area contributed by atoms with Crippen molar-refractivity contribution in [1.82, 2.24) is 0 Å². The first kappa shape index (κ1) is 9.29. The molecule has 0 aliphatic heterocycles. The molecule has 0 unspecified atom stereocenters. The fourth-order valence-corrected chi connectivity index (χ4v) is 1.41. The van der Waals surface area contributed by atoms with Gasteiger partial charge in [-0.1, -0.05) is 12.1 Å². The summed E-state index contributed by atoms with van der Waals surface area (Å²) in [4.78, 5) is 11.1. The van der Waals surface area contributed by atoms with E-state index in [4.69, 9.17) is 5.11 Å². The number of carbonyl (C=O) groups is 1. The van der Waals surface area contributed by atoms with Gasteiger partial charge in [0.2, 0.25) is 0 Å². The van der Waals surface area contributed by atoms with Crippen LogP contribution in [0.2, 0.25) is 0 Å². The standard InChI is InChI=1S/C9H10O2S/c10-5-6-12-9-3-1-8(7-11)2-4-9/h1-5,11H,6-7H2. The van der Waals surface area contributed by atoms with E-state index < -0.39 is 0 Å². The van der Waals surface area contributed by atoms with Gasteiger partial charge in [-0.3, -0.25) is 0 Å². The predicted molar refractivity (Wildman–Crippen MR) is 49.2 cm³/mol. The van der Waals surface area contributed by atoms with E-state index in [0.717, 1.165) is 16.7 Å². The van der Waals surface area contributed by atoms with Crippen LogP contribution >= 0.6 is 11.8 Å². The SMILES string of the molecule is O=CCSc1ccc(CO)cc1.